The third kappa shape index (κ3) is 2.11. The molecule has 0 saturated carbocycles. The SMILES string of the molecule is O=C1c2ccccc2N2N=C(c3ccc(I)cc3)CC12c1ccccc1. The highest BCUT2D eigenvalue weighted by molar-refractivity contribution is 14.1. The van der Waals surface area contributed by atoms with Crippen LogP contribution in [0.1, 0.15) is 27.9 Å². The van der Waals surface area contributed by atoms with Crippen LogP contribution in [-0.4, -0.2) is 11.5 Å². The van der Waals surface area contributed by atoms with Crippen LogP contribution in [-0.2, 0) is 5.54 Å². The topological polar surface area (TPSA) is 32.7 Å². The molecule has 0 spiro atoms. The maximum atomic E-state index is 13.5. The maximum absolute atomic E-state index is 13.5. The molecular formula is C22H15IN2O. The smallest absolute Gasteiger partial charge is 0.197 e. The molecule has 0 amide bonds. The van der Waals surface area contributed by atoms with Gasteiger partial charge in [0, 0.05) is 15.6 Å². The van der Waals surface area contributed by atoms with E-state index in [2.05, 4.69) is 46.9 Å². The average Bonchev–Trinajstić information content (AvgIpc) is 3.19. The van der Waals surface area contributed by atoms with Crippen LogP contribution < -0.4 is 5.01 Å². The Bertz CT molecular complexity index is 1040. The number of rotatable bonds is 2. The molecule has 0 aliphatic carbocycles. The Hall–Kier alpha value is -2.47. The summed E-state index contributed by atoms with van der Waals surface area (Å²) < 4.78 is 1.18. The van der Waals surface area contributed by atoms with Gasteiger partial charge in [0.05, 0.1) is 11.4 Å². The number of nitrogens with zero attached hydrogens (tertiary/aromatic N) is 2. The molecule has 0 aromatic heterocycles. The minimum atomic E-state index is -0.775. The number of hydrogen-bond acceptors (Lipinski definition) is 3. The monoisotopic (exact) mass is 450 g/mol. The Morgan fingerprint density at radius 3 is 2.35 bits per heavy atom. The van der Waals surface area contributed by atoms with Gasteiger partial charge >= 0.3 is 0 Å². The molecule has 2 aliphatic rings. The van der Waals surface area contributed by atoms with Gasteiger partial charge in [0.25, 0.3) is 0 Å². The molecule has 0 radical (unpaired) electrons. The van der Waals surface area contributed by atoms with Crippen molar-refractivity contribution in [2.24, 2.45) is 5.10 Å². The number of anilines is 1. The first kappa shape index (κ1) is 15.8. The van der Waals surface area contributed by atoms with Crippen molar-refractivity contribution in [2.75, 3.05) is 5.01 Å². The fourth-order valence-corrected chi connectivity index (χ4v) is 4.30. The summed E-state index contributed by atoms with van der Waals surface area (Å²) in [6.07, 6.45) is 0.575. The normalized spacial score (nSPS) is 20.7. The minimum Gasteiger partial charge on any atom is -0.291 e. The Labute approximate surface area is 165 Å². The molecule has 4 heteroatoms. The summed E-state index contributed by atoms with van der Waals surface area (Å²) in [5.41, 5.74) is 3.88. The van der Waals surface area contributed by atoms with E-state index in [0.29, 0.717) is 6.42 Å². The Balaban J connectivity index is 1.71. The predicted molar refractivity (Wildman–Crippen MR) is 112 cm³/mol. The predicted octanol–water partition coefficient (Wildman–Crippen LogP) is 5.00. The number of benzene rings is 3. The molecule has 1 atom stereocenters. The summed E-state index contributed by atoms with van der Waals surface area (Å²) >= 11 is 2.30. The molecule has 2 heterocycles. The third-order valence-electron chi connectivity index (χ3n) is 5.19. The van der Waals surface area contributed by atoms with Crippen LogP contribution >= 0.6 is 22.6 Å². The molecule has 3 aromatic rings. The van der Waals surface area contributed by atoms with Gasteiger partial charge in [-0.05, 0) is 58.0 Å². The molecule has 3 nitrogen and oxygen atoms in total. The van der Waals surface area contributed by atoms with Gasteiger partial charge in [-0.1, -0.05) is 54.6 Å². The number of Topliss-reactive ketones (excluding diaryl/α,β-unsaturated/α-hetero) is 1. The molecule has 126 valence electrons. The highest BCUT2D eigenvalue weighted by Crippen LogP contribution is 2.50. The van der Waals surface area contributed by atoms with E-state index < -0.39 is 5.54 Å². The lowest BCUT2D eigenvalue weighted by Crippen LogP contribution is -2.42. The molecule has 0 bridgehead atoms. The lowest BCUT2D eigenvalue weighted by Gasteiger charge is -2.30. The molecule has 2 aliphatic heterocycles. The summed E-state index contributed by atoms with van der Waals surface area (Å²) in [7, 11) is 0. The third-order valence-corrected chi connectivity index (χ3v) is 5.91. The molecule has 0 N–H and O–H groups in total. The Morgan fingerprint density at radius 2 is 1.58 bits per heavy atom. The number of hydrazone groups is 1. The van der Waals surface area contributed by atoms with Crippen LogP contribution in [0.3, 0.4) is 0 Å². The Morgan fingerprint density at radius 1 is 0.885 bits per heavy atom. The van der Waals surface area contributed by atoms with E-state index in [1.54, 1.807) is 0 Å². The number of carbonyl (C=O) groups excluding carboxylic acids is 1. The van der Waals surface area contributed by atoms with Gasteiger partial charge in [0.15, 0.2) is 11.3 Å². The zero-order valence-electron chi connectivity index (χ0n) is 13.9. The first-order valence-electron chi connectivity index (χ1n) is 8.53. The van der Waals surface area contributed by atoms with Crippen molar-refractivity contribution >= 4 is 39.8 Å². The van der Waals surface area contributed by atoms with E-state index in [-0.39, 0.29) is 5.78 Å². The molecule has 1 unspecified atom stereocenters. The van der Waals surface area contributed by atoms with Crippen molar-refractivity contribution in [3.63, 3.8) is 0 Å². The number of carbonyl (C=O) groups is 1. The van der Waals surface area contributed by atoms with Gasteiger partial charge in [-0.2, -0.15) is 5.10 Å². The maximum Gasteiger partial charge on any atom is 0.197 e. The summed E-state index contributed by atoms with van der Waals surface area (Å²) in [4.78, 5) is 13.5. The quantitative estimate of drug-likeness (QED) is 0.515. The Kier molecular flexibility index (Phi) is 3.50. The van der Waals surface area contributed by atoms with Gasteiger partial charge in [-0.25, -0.2) is 5.01 Å². The number of fused-ring (bicyclic) bond motifs is 3. The van der Waals surface area contributed by atoms with Crippen molar-refractivity contribution in [1.82, 2.24) is 0 Å². The fourth-order valence-electron chi connectivity index (χ4n) is 3.94. The second-order valence-corrected chi connectivity index (χ2v) is 7.86. The average molecular weight is 450 g/mol. The summed E-state index contributed by atoms with van der Waals surface area (Å²) in [5, 5.41) is 6.85. The molecular weight excluding hydrogens is 435 g/mol. The number of para-hydroxylation sites is 1. The molecule has 5 rings (SSSR count). The standard InChI is InChI=1S/C22H15IN2O/c23-17-12-10-15(11-13-17)19-14-22(16-6-2-1-3-7-16)21(26)18-8-4-5-9-20(18)25(22)24-19/h1-13H,14H2. The van der Waals surface area contributed by atoms with Gasteiger partial charge in [-0.15, -0.1) is 0 Å². The second kappa shape index (κ2) is 5.77. The van der Waals surface area contributed by atoms with E-state index >= 15 is 0 Å². The summed E-state index contributed by atoms with van der Waals surface area (Å²) in [5.74, 6) is 0.128. The molecule has 0 saturated heterocycles. The van der Waals surface area contributed by atoms with Gasteiger partial charge in [0.2, 0.25) is 0 Å². The fraction of sp³-hybridized carbons (Fsp3) is 0.0909. The van der Waals surface area contributed by atoms with Crippen molar-refractivity contribution < 1.29 is 4.79 Å². The van der Waals surface area contributed by atoms with Crippen molar-refractivity contribution in [3.8, 4) is 0 Å². The number of ketones is 1. The molecule has 3 aromatic carbocycles. The second-order valence-electron chi connectivity index (χ2n) is 6.61. The minimum absolute atomic E-state index is 0.128. The van der Waals surface area contributed by atoms with Crippen LogP contribution in [0.25, 0.3) is 0 Å². The van der Waals surface area contributed by atoms with Crippen LogP contribution in [0.2, 0.25) is 0 Å². The van der Waals surface area contributed by atoms with Crippen LogP contribution in [0.5, 0.6) is 0 Å². The zero-order valence-corrected chi connectivity index (χ0v) is 16.1. The van der Waals surface area contributed by atoms with E-state index in [1.807, 2.05) is 59.6 Å². The highest BCUT2D eigenvalue weighted by atomic mass is 127. The first-order chi connectivity index (χ1) is 12.7. The summed E-state index contributed by atoms with van der Waals surface area (Å²) in [6.45, 7) is 0. The van der Waals surface area contributed by atoms with E-state index in [4.69, 9.17) is 5.10 Å². The molecule has 0 fully saturated rings. The first-order valence-corrected chi connectivity index (χ1v) is 9.61. The summed E-state index contributed by atoms with van der Waals surface area (Å²) in [6, 6.07) is 26.1. The van der Waals surface area contributed by atoms with Crippen molar-refractivity contribution in [3.05, 3.63) is 99.1 Å². The van der Waals surface area contributed by atoms with Gasteiger partial charge < -0.3 is 0 Å². The zero-order chi connectivity index (χ0) is 17.7. The van der Waals surface area contributed by atoms with Crippen molar-refractivity contribution in [1.29, 1.82) is 0 Å². The van der Waals surface area contributed by atoms with E-state index in [9.17, 15) is 4.79 Å². The number of hydrogen-bond donors (Lipinski definition) is 0. The largest absolute Gasteiger partial charge is 0.291 e. The molecule has 26 heavy (non-hydrogen) atoms. The lowest BCUT2D eigenvalue weighted by molar-refractivity contribution is 0.0908. The lowest BCUT2D eigenvalue weighted by atomic mass is 9.81. The highest BCUT2D eigenvalue weighted by Gasteiger charge is 2.56. The van der Waals surface area contributed by atoms with E-state index in [1.165, 1.54) is 3.57 Å². The van der Waals surface area contributed by atoms with Crippen molar-refractivity contribution in [2.45, 2.75) is 12.0 Å². The van der Waals surface area contributed by atoms with E-state index in [0.717, 1.165) is 28.1 Å². The number of halogens is 1. The van der Waals surface area contributed by atoms with Crippen LogP contribution in [0, 0.1) is 3.57 Å². The van der Waals surface area contributed by atoms with Gasteiger partial charge in [-0.3, -0.25) is 4.79 Å². The van der Waals surface area contributed by atoms with Gasteiger partial charge in [0.1, 0.15) is 0 Å². The van der Waals surface area contributed by atoms with Crippen LogP contribution in [0.4, 0.5) is 5.69 Å². The van der Waals surface area contributed by atoms with Crippen LogP contribution in [0.15, 0.2) is 84.0 Å².